The molecule has 0 bridgehead atoms. The van der Waals surface area contributed by atoms with Crippen molar-refractivity contribution in [1.82, 2.24) is 4.57 Å². The number of carboxylic acids is 1. The molecule has 0 spiro atoms. The number of nitrogens with zero attached hydrogens (tertiary/aromatic N) is 3. The summed E-state index contributed by atoms with van der Waals surface area (Å²) >= 11 is 12.3. The van der Waals surface area contributed by atoms with E-state index in [4.69, 9.17) is 23.2 Å². The van der Waals surface area contributed by atoms with Gasteiger partial charge >= 0.3 is 22.5 Å². The quantitative estimate of drug-likeness (QED) is 0.434. The van der Waals surface area contributed by atoms with Crippen LogP contribution in [-0.4, -0.2) is 42.0 Å². The molecule has 0 aliphatic carbocycles. The fourth-order valence-corrected chi connectivity index (χ4v) is 4.27. The van der Waals surface area contributed by atoms with Crippen LogP contribution in [0.4, 0.5) is 16.2 Å². The average molecular weight is 539 g/mol. The smallest absolute Gasteiger partial charge is 0.363 e. The second kappa shape index (κ2) is 10.9. The lowest BCUT2D eigenvalue weighted by molar-refractivity contribution is -0.137. The van der Waals surface area contributed by atoms with Crippen molar-refractivity contribution < 1.29 is 27.9 Å². The molecular formula is C22H20Cl2N4O6S. The molecule has 0 saturated heterocycles. The van der Waals surface area contributed by atoms with E-state index in [1.165, 1.54) is 24.3 Å². The number of carbonyl (C=O) groups is 3. The summed E-state index contributed by atoms with van der Waals surface area (Å²) in [5.41, 5.74) is 1.66. The first-order chi connectivity index (χ1) is 16.5. The summed E-state index contributed by atoms with van der Waals surface area (Å²) in [6.07, 6.45) is -0.166. The van der Waals surface area contributed by atoms with Gasteiger partial charge in [0.05, 0.1) is 16.5 Å². The van der Waals surface area contributed by atoms with E-state index in [0.29, 0.717) is 26.8 Å². The molecule has 0 radical (unpaired) electrons. The zero-order chi connectivity index (χ0) is 25.9. The van der Waals surface area contributed by atoms with Crippen molar-refractivity contribution in [2.45, 2.75) is 25.8 Å². The Kier molecular flexibility index (Phi) is 8.15. The minimum Gasteiger partial charge on any atom is -0.481 e. The van der Waals surface area contributed by atoms with Crippen LogP contribution in [0, 0.1) is 0 Å². The number of halogens is 2. The van der Waals surface area contributed by atoms with Gasteiger partial charge in [-0.15, -0.1) is 0 Å². The zero-order valence-corrected chi connectivity index (χ0v) is 20.9. The largest absolute Gasteiger partial charge is 0.481 e. The molecule has 3 rings (SSSR count). The van der Waals surface area contributed by atoms with E-state index in [0.717, 1.165) is 10.4 Å². The van der Waals surface area contributed by atoms with Gasteiger partial charge in [0.15, 0.2) is 0 Å². The zero-order valence-electron chi connectivity index (χ0n) is 18.5. The number of anilines is 2. The van der Waals surface area contributed by atoms with Gasteiger partial charge in [-0.3, -0.25) is 14.5 Å². The van der Waals surface area contributed by atoms with Crippen molar-refractivity contribution >= 4 is 73.9 Å². The number of amides is 3. The van der Waals surface area contributed by atoms with Crippen LogP contribution in [0.2, 0.25) is 10.0 Å². The fraction of sp³-hybridized carbons (Fsp3) is 0.227. The molecule has 0 fully saturated rings. The molecule has 2 aromatic carbocycles. The number of aliphatic carboxylic acids is 1. The number of aryl methyl sites for hydroxylation is 1. The molecule has 13 heteroatoms. The second-order valence-corrected chi connectivity index (χ2v) is 8.91. The Morgan fingerprint density at radius 2 is 1.80 bits per heavy atom. The Hall–Kier alpha value is -3.41. The van der Waals surface area contributed by atoms with Crippen molar-refractivity contribution in [3.8, 4) is 0 Å². The van der Waals surface area contributed by atoms with Crippen LogP contribution in [0.5, 0.6) is 0 Å². The molecule has 10 nitrogen and oxygen atoms in total. The first-order valence-electron chi connectivity index (χ1n) is 10.2. The lowest BCUT2D eigenvalue weighted by atomic mass is 10.1. The third-order valence-corrected chi connectivity index (χ3v) is 6.48. The van der Waals surface area contributed by atoms with Crippen LogP contribution in [0.25, 0.3) is 10.9 Å². The maximum absolute atomic E-state index is 12.9. The topological polar surface area (TPSA) is 138 Å². The molecule has 1 unspecified atom stereocenters. The lowest BCUT2D eigenvalue weighted by Crippen LogP contribution is -2.40. The number of benzene rings is 2. The molecule has 1 aromatic heterocycles. The fourth-order valence-electron chi connectivity index (χ4n) is 3.67. The van der Waals surface area contributed by atoms with Gasteiger partial charge in [-0.05, 0) is 48.9 Å². The van der Waals surface area contributed by atoms with Gasteiger partial charge in [0.2, 0.25) is 0 Å². The Bertz CT molecular complexity index is 1440. The van der Waals surface area contributed by atoms with E-state index < -0.39 is 40.9 Å². The third kappa shape index (κ3) is 5.81. The number of carbonyl (C=O) groups excluding carboxylic acids is 2. The van der Waals surface area contributed by atoms with Gasteiger partial charge in [-0.2, -0.15) is 8.42 Å². The van der Waals surface area contributed by atoms with Crippen molar-refractivity contribution in [2.24, 2.45) is 11.4 Å². The van der Waals surface area contributed by atoms with Gasteiger partial charge < -0.3 is 15.0 Å². The summed E-state index contributed by atoms with van der Waals surface area (Å²) in [6, 6.07) is 8.98. The number of rotatable bonds is 7. The van der Waals surface area contributed by atoms with Crippen molar-refractivity contribution in [3.63, 3.8) is 0 Å². The molecule has 35 heavy (non-hydrogen) atoms. The van der Waals surface area contributed by atoms with Crippen LogP contribution in [-0.2, 0) is 22.3 Å². The van der Waals surface area contributed by atoms with Gasteiger partial charge in [-0.1, -0.05) is 34.5 Å². The third-order valence-electron chi connectivity index (χ3n) is 5.35. The maximum atomic E-state index is 12.9. The number of fused-ring (bicyclic) bond motifs is 1. The normalized spacial score (nSPS) is 11.7. The number of carboxylic acid groups (broad SMARTS) is 1. The number of nitrogens with one attached hydrogen (secondary N) is 1. The van der Waals surface area contributed by atoms with Crippen LogP contribution in [0.3, 0.4) is 0 Å². The number of hydrogen-bond acceptors (Lipinski definition) is 5. The Balaban J connectivity index is 1.89. The molecule has 184 valence electrons. The van der Waals surface area contributed by atoms with Crippen molar-refractivity contribution in [1.29, 1.82) is 0 Å². The predicted octanol–water partition coefficient (Wildman–Crippen LogP) is 4.98. The minimum atomic E-state index is -3.01. The first kappa shape index (κ1) is 26.2. The molecule has 0 saturated carbocycles. The molecule has 2 N–H and O–H groups in total. The molecular weight excluding hydrogens is 519 g/mol. The highest BCUT2D eigenvalue weighted by Crippen LogP contribution is 2.33. The second-order valence-electron chi connectivity index (χ2n) is 7.50. The van der Waals surface area contributed by atoms with E-state index in [1.54, 1.807) is 36.7 Å². The highest BCUT2D eigenvalue weighted by atomic mass is 35.5. The highest BCUT2D eigenvalue weighted by molar-refractivity contribution is 7.62. The van der Waals surface area contributed by atoms with E-state index >= 15 is 0 Å². The first-order valence-corrected chi connectivity index (χ1v) is 12.0. The molecule has 3 amide bonds. The minimum absolute atomic E-state index is 0.223. The van der Waals surface area contributed by atoms with Crippen molar-refractivity contribution in [2.75, 3.05) is 10.2 Å². The molecule has 1 atom stereocenters. The van der Waals surface area contributed by atoms with E-state index in [1.807, 2.05) is 0 Å². The molecule has 0 aliphatic heterocycles. The number of hydrogen-bond donors (Lipinski definition) is 2. The monoisotopic (exact) mass is 538 g/mol. The van der Waals surface area contributed by atoms with Crippen LogP contribution in [0.1, 0.15) is 30.3 Å². The molecule has 1 heterocycles. The highest BCUT2D eigenvalue weighted by Gasteiger charge is 2.27. The summed E-state index contributed by atoms with van der Waals surface area (Å²) in [5.74, 6) is -1.58. The molecule has 0 aliphatic rings. The van der Waals surface area contributed by atoms with Gasteiger partial charge in [-0.25, -0.2) is 4.79 Å². The van der Waals surface area contributed by atoms with Crippen LogP contribution in [0.15, 0.2) is 46.8 Å². The van der Waals surface area contributed by atoms with Crippen LogP contribution < -0.4 is 10.2 Å². The number of aromatic nitrogens is 1. The maximum Gasteiger partial charge on any atom is 0.363 e. The Morgan fingerprint density at radius 1 is 1.14 bits per heavy atom. The number of urea groups is 1. The van der Waals surface area contributed by atoms with Gasteiger partial charge in [0.25, 0.3) is 5.91 Å². The Labute approximate surface area is 211 Å². The SMILES string of the molecule is CCC(CC(=O)O)N(C(=O)N=S(=O)=O)c1ccc(NC(=O)c2cc3c(Cl)c(Cl)ccc3n2C)cc1. The Morgan fingerprint density at radius 3 is 2.37 bits per heavy atom. The summed E-state index contributed by atoms with van der Waals surface area (Å²) in [7, 11) is -1.29. The van der Waals surface area contributed by atoms with Gasteiger partial charge in [0.1, 0.15) is 5.69 Å². The predicted molar refractivity (Wildman–Crippen MR) is 133 cm³/mol. The summed E-state index contributed by atoms with van der Waals surface area (Å²) in [4.78, 5) is 37.6. The average Bonchev–Trinajstić information content (AvgIpc) is 3.13. The lowest BCUT2D eigenvalue weighted by Gasteiger charge is -2.28. The van der Waals surface area contributed by atoms with E-state index in [2.05, 4.69) is 9.68 Å². The van der Waals surface area contributed by atoms with E-state index in [9.17, 15) is 27.9 Å². The summed E-state index contributed by atoms with van der Waals surface area (Å²) in [5, 5.41) is 13.2. The van der Waals surface area contributed by atoms with Crippen LogP contribution >= 0.6 is 23.2 Å². The summed E-state index contributed by atoms with van der Waals surface area (Å²) in [6.45, 7) is 1.67. The van der Waals surface area contributed by atoms with E-state index in [-0.39, 0.29) is 12.1 Å². The van der Waals surface area contributed by atoms with Crippen molar-refractivity contribution in [3.05, 3.63) is 58.2 Å². The molecule has 3 aromatic rings. The standard InChI is InChI=1S/C22H20Cl2N4O6S/c1-3-13(10-19(29)30)28(22(32)26-35(33)34)14-6-4-12(5-7-14)25-21(31)18-11-15-17(27(18)2)9-8-16(23)20(15)24/h4-9,11,13H,3,10H2,1-2H3,(H,25,31)(H,29,30). The van der Waals surface area contributed by atoms with Gasteiger partial charge in [0, 0.05) is 35.4 Å². The summed E-state index contributed by atoms with van der Waals surface area (Å²) < 4.78 is 26.5.